The molecule has 20 heavy (non-hydrogen) atoms. The van der Waals surface area contributed by atoms with Crippen molar-refractivity contribution in [1.82, 2.24) is 5.32 Å². The maximum atomic E-state index is 11.7. The molecule has 2 rings (SSSR count). The Labute approximate surface area is 118 Å². The summed E-state index contributed by atoms with van der Waals surface area (Å²) in [5, 5.41) is 4.91. The molecule has 0 aliphatic heterocycles. The number of fused-ring (bicyclic) bond motifs is 1. The first-order valence-electron chi connectivity index (χ1n) is 6.59. The van der Waals surface area contributed by atoms with Crippen molar-refractivity contribution in [2.45, 2.75) is 13.0 Å². The second kappa shape index (κ2) is 6.91. The van der Waals surface area contributed by atoms with E-state index in [-0.39, 0.29) is 18.6 Å². The Balaban J connectivity index is 1.97. The van der Waals surface area contributed by atoms with Crippen molar-refractivity contribution >= 4 is 16.7 Å². The van der Waals surface area contributed by atoms with Crippen molar-refractivity contribution in [1.29, 1.82) is 0 Å². The molecule has 2 aromatic carbocycles. The van der Waals surface area contributed by atoms with E-state index in [1.165, 1.54) is 0 Å². The Morgan fingerprint density at radius 3 is 2.75 bits per heavy atom. The molecule has 2 aromatic rings. The average Bonchev–Trinajstić information content (AvgIpc) is 2.45. The molecule has 0 aromatic heterocycles. The number of amides is 1. The van der Waals surface area contributed by atoms with E-state index in [9.17, 15) is 4.79 Å². The largest absolute Gasteiger partial charge is 0.483 e. The topological polar surface area (TPSA) is 47.6 Å². The van der Waals surface area contributed by atoms with Gasteiger partial charge in [0.1, 0.15) is 5.75 Å². The zero-order valence-electron chi connectivity index (χ0n) is 11.8. The van der Waals surface area contributed by atoms with E-state index in [0.29, 0.717) is 6.61 Å². The minimum atomic E-state index is -0.150. The lowest BCUT2D eigenvalue weighted by Gasteiger charge is -2.14. The van der Waals surface area contributed by atoms with Crippen LogP contribution in [0.4, 0.5) is 0 Å². The normalized spacial score (nSPS) is 12.1. The van der Waals surface area contributed by atoms with Gasteiger partial charge in [-0.25, -0.2) is 0 Å². The summed E-state index contributed by atoms with van der Waals surface area (Å²) >= 11 is 0. The molecule has 4 nitrogen and oxygen atoms in total. The van der Waals surface area contributed by atoms with Gasteiger partial charge >= 0.3 is 0 Å². The van der Waals surface area contributed by atoms with Gasteiger partial charge in [0.15, 0.2) is 6.61 Å². The average molecular weight is 273 g/mol. The highest BCUT2D eigenvalue weighted by Gasteiger charge is 2.08. The number of methoxy groups -OCH3 is 1. The molecule has 0 heterocycles. The molecular weight excluding hydrogens is 254 g/mol. The van der Waals surface area contributed by atoms with Gasteiger partial charge in [0.05, 0.1) is 6.61 Å². The van der Waals surface area contributed by atoms with Gasteiger partial charge < -0.3 is 14.8 Å². The molecule has 0 fully saturated rings. The van der Waals surface area contributed by atoms with E-state index in [1.807, 2.05) is 49.4 Å². The molecule has 1 amide bonds. The lowest BCUT2D eigenvalue weighted by molar-refractivity contribution is -0.124. The van der Waals surface area contributed by atoms with Gasteiger partial charge in [-0.15, -0.1) is 0 Å². The second-order valence-corrected chi connectivity index (χ2v) is 4.69. The van der Waals surface area contributed by atoms with Crippen molar-refractivity contribution in [2.75, 3.05) is 20.3 Å². The van der Waals surface area contributed by atoms with Gasteiger partial charge in [0.25, 0.3) is 5.91 Å². The number of hydrogen-bond acceptors (Lipinski definition) is 3. The van der Waals surface area contributed by atoms with Crippen molar-refractivity contribution < 1.29 is 14.3 Å². The predicted molar refractivity (Wildman–Crippen MR) is 78.9 cm³/mol. The van der Waals surface area contributed by atoms with E-state index in [2.05, 4.69) is 5.32 Å². The van der Waals surface area contributed by atoms with Gasteiger partial charge in [0.2, 0.25) is 0 Å². The van der Waals surface area contributed by atoms with Gasteiger partial charge in [0, 0.05) is 18.5 Å². The van der Waals surface area contributed by atoms with Crippen LogP contribution in [0.25, 0.3) is 10.8 Å². The lowest BCUT2D eigenvalue weighted by Crippen LogP contribution is -2.38. The highest BCUT2D eigenvalue weighted by atomic mass is 16.5. The third-order valence-corrected chi connectivity index (χ3v) is 2.93. The highest BCUT2D eigenvalue weighted by Crippen LogP contribution is 2.24. The number of nitrogens with one attached hydrogen (secondary N) is 1. The molecule has 0 radical (unpaired) electrons. The van der Waals surface area contributed by atoms with Crippen LogP contribution in [-0.4, -0.2) is 32.3 Å². The standard InChI is InChI=1S/C16H19NO3/c1-12(10-19-2)17-16(18)11-20-15-9-5-7-13-6-3-4-8-14(13)15/h3-9,12H,10-11H2,1-2H3,(H,17,18). The maximum absolute atomic E-state index is 11.7. The minimum Gasteiger partial charge on any atom is -0.483 e. The smallest absolute Gasteiger partial charge is 0.258 e. The summed E-state index contributed by atoms with van der Waals surface area (Å²) in [7, 11) is 1.61. The van der Waals surface area contributed by atoms with Gasteiger partial charge in [-0.2, -0.15) is 0 Å². The first-order chi connectivity index (χ1) is 9.70. The first-order valence-corrected chi connectivity index (χ1v) is 6.59. The van der Waals surface area contributed by atoms with E-state index in [1.54, 1.807) is 7.11 Å². The summed E-state index contributed by atoms with van der Waals surface area (Å²) in [5.74, 6) is 0.570. The number of ether oxygens (including phenoxy) is 2. The third kappa shape index (κ3) is 3.71. The zero-order chi connectivity index (χ0) is 14.4. The zero-order valence-corrected chi connectivity index (χ0v) is 11.8. The lowest BCUT2D eigenvalue weighted by atomic mass is 10.1. The fourth-order valence-corrected chi connectivity index (χ4v) is 2.07. The molecular formula is C16H19NO3. The summed E-state index contributed by atoms with van der Waals surface area (Å²) < 4.78 is 10.6. The van der Waals surface area contributed by atoms with E-state index >= 15 is 0 Å². The summed E-state index contributed by atoms with van der Waals surface area (Å²) in [6, 6.07) is 13.7. The second-order valence-electron chi connectivity index (χ2n) is 4.69. The summed E-state index contributed by atoms with van der Waals surface area (Å²) in [5.41, 5.74) is 0. The molecule has 0 spiro atoms. The van der Waals surface area contributed by atoms with Crippen LogP contribution in [0.2, 0.25) is 0 Å². The van der Waals surface area contributed by atoms with Gasteiger partial charge in [-0.05, 0) is 18.4 Å². The SMILES string of the molecule is COCC(C)NC(=O)COc1cccc2ccccc12. The quantitative estimate of drug-likeness (QED) is 0.879. The third-order valence-electron chi connectivity index (χ3n) is 2.93. The van der Waals surface area contributed by atoms with Crippen LogP contribution < -0.4 is 10.1 Å². The van der Waals surface area contributed by atoms with Crippen LogP contribution in [0.5, 0.6) is 5.75 Å². The number of hydrogen-bond donors (Lipinski definition) is 1. The van der Waals surface area contributed by atoms with Gasteiger partial charge in [-0.3, -0.25) is 4.79 Å². The Morgan fingerprint density at radius 1 is 1.20 bits per heavy atom. The van der Waals surface area contributed by atoms with Crippen LogP contribution in [0.1, 0.15) is 6.92 Å². The Bertz CT molecular complexity index is 577. The number of carbonyl (C=O) groups excluding carboxylic acids is 1. The van der Waals surface area contributed by atoms with E-state index in [4.69, 9.17) is 9.47 Å². The van der Waals surface area contributed by atoms with Crippen molar-refractivity contribution in [3.05, 3.63) is 42.5 Å². The molecule has 0 aliphatic carbocycles. The summed E-state index contributed by atoms with van der Waals surface area (Å²) in [4.78, 5) is 11.7. The summed E-state index contributed by atoms with van der Waals surface area (Å²) in [6.07, 6.45) is 0. The van der Waals surface area contributed by atoms with Gasteiger partial charge in [-0.1, -0.05) is 36.4 Å². The number of carbonyl (C=O) groups is 1. The Hall–Kier alpha value is -2.07. The molecule has 0 saturated heterocycles. The minimum absolute atomic E-state index is 0.00205. The number of benzene rings is 2. The van der Waals surface area contributed by atoms with Crippen LogP contribution >= 0.6 is 0 Å². The van der Waals surface area contributed by atoms with Crippen LogP contribution in [0, 0.1) is 0 Å². The Morgan fingerprint density at radius 2 is 1.95 bits per heavy atom. The van der Waals surface area contributed by atoms with Crippen molar-refractivity contribution in [3.63, 3.8) is 0 Å². The molecule has 1 N–H and O–H groups in total. The first kappa shape index (κ1) is 14.3. The molecule has 4 heteroatoms. The highest BCUT2D eigenvalue weighted by molar-refractivity contribution is 5.88. The van der Waals surface area contributed by atoms with E-state index < -0.39 is 0 Å². The van der Waals surface area contributed by atoms with Crippen molar-refractivity contribution in [2.24, 2.45) is 0 Å². The monoisotopic (exact) mass is 273 g/mol. The molecule has 1 atom stereocenters. The molecule has 1 unspecified atom stereocenters. The fraction of sp³-hybridized carbons (Fsp3) is 0.312. The van der Waals surface area contributed by atoms with Crippen molar-refractivity contribution in [3.8, 4) is 5.75 Å². The maximum Gasteiger partial charge on any atom is 0.258 e. The van der Waals surface area contributed by atoms with Crippen LogP contribution in [-0.2, 0) is 9.53 Å². The van der Waals surface area contributed by atoms with Crippen LogP contribution in [0.15, 0.2) is 42.5 Å². The Kier molecular flexibility index (Phi) is 4.96. The predicted octanol–water partition coefficient (Wildman–Crippen LogP) is 2.37. The van der Waals surface area contributed by atoms with E-state index in [0.717, 1.165) is 16.5 Å². The molecule has 0 saturated carbocycles. The summed E-state index contributed by atoms with van der Waals surface area (Å²) in [6.45, 7) is 2.38. The molecule has 106 valence electrons. The fourth-order valence-electron chi connectivity index (χ4n) is 2.07. The number of rotatable bonds is 6. The van der Waals surface area contributed by atoms with Crippen LogP contribution in [0.3, 0.4) is 0 Å². The molecule has 0 aliphatic rings. The molecule has 0 bridgehead atoms.